The van der Waals surface area contributed by atoms with Crippen LogP contribution in [0.5, 0.6) is 0 Å². The molecule has 3 aromatic rings. The highest BCUT2D eigenvalue weighted by atomic mass is 19.4. The fourth-order valence-electron chi connectivity index (χ4n) is 2.75. The third kappa shape index (κ3) is 2.87. The van der Waals surface area contributed by atoms with Crippen LogP contribution in [0.4, 0.5) is 18.9 Å². The van der Waals surface area contributed by atoms with Crippen molar-refractivity contribution in [3.63, 3.8) is 0 Å². The molecule has 0 radical (unpaired) electrons. The molecule has 1 aliphatic carbocycles. The summed E-state index contributed by atoms with van der Waals surface area (Å²) >= 11 is 0. The first kappa shape index (κ1) is 16.4. The van der Waals surface area contributed by atoms with E-state index >= 15 is 0 Å². The third-order valence-corrected chi connectivity index (χ3v) is 4.42. The predicted molar refractivity (Wildman–Crippen MR) is 85.2 cm³/mol. The number of carbonyl (C=O) groups excluding carboxylic acids is 1. The standard InChI is InChI=1S/C18H13F3N2O3/c19-18(20,21)11-3-5-12(6-4-11)22-16(24)17(7-8-17)15-10-14(26-23-15)13-2-1-9-25-13/h1-6,9-10H,7-8H2,(H,22,24). The lowest BCUT2D eigenvalue weighted by Gasteiger charge is -2.13. The van der Waals surface area contributed by atoms with Crippen LogP contribution in [-0.4, -0.2) is 11.1 Å². The van der Waals surface area contributed by atoms with Gasteiger partial charge in [-0.25, -0.2) is 0 Å². The van der Waals surface area contributed by atoms with Gasteiger partial charge in [-0.05, 0) is 49.2 Å². The number of alkyl halides is 3. The smallest absolute Gasteiger partial charge is 0.416 e. The van der Waals surface area contributed by atoms with Gasteiger partial charge in [-0.1, -0.05) is 5.16 Å². The largest absolute Gasteiger partial charge is 0.461 e. The Hall–Kier alpha value is -3.03. The Morgan fingerprint density at radius 2 is 1.85 bits per heavy atom. The zero-order valence-electron chi connectivity index (χ0n) is 13.3. The Morgan fingerprint density at radius 1 is 1.12 bits per heavy atom. The molecule has 1 fully saturated rings. The fraction of sp³-hybridized carbons (Fsp3) is 0.222. The van der Waals surface area contributed by atoms with Gasteiger partial charge in [0.15, 0.2) is 5.76 Å². The van der Waals surface area contributed by atoms with Crippen LogP contribution in [0.3, 0.4) is 0 Å². The predicted octanol–water partition coefficient (Wildman–Crippen LogP) is 4.62. The highest BCUT2D eigenvalue weighted by molar-refractivity contribution is 6.01. The number of amides is 1. The van der Waals surface area contributed by atoms with E-state index in [0.29, 0.717) is 35.7 Å². The summed E-state index contributed by atoms with van der Waals surface area (Å²) in [4.78, 5) is 12.6. The zero-order chi connectivity index (χ0) is 18.4. The molecular weight excluding hydrogens is 349 g/mol. The number of aromatic nitrogens is 1. The van der Waals surface area contributed by atoms with Crippen molar-refractivity contribution in [2.24, 2.45) is 0 Å². The lowest BCUT2D eigenvalue weighted by molar-refractivity contribution is -0.137. The number of anilines is 1. The summed E-state index contributed by atoms with van der Waals surface area (Å²) < 4.78 is 48.3. The highest BCUT2D eigenvalue weighted by Gasteiger charge is 2.54. The summed E-state index contributed by atoms with van der Waals surface area (Å²) in [5, 5.41) is 6.63. The van der Waals surface area contributed by atoms with Crippen LogP contribution in [-0.2, 0) is 16.4 Å². The number of nitrogens with one attached hydrogen (secondary N) is 1. The second-order valence-electron chi connectivity index (χ2n) is 6.17. The lowest BCUT2D eigenvalue weighted by atomic mass is 10.0. The third-order valence-electron chi connectivity index (χ3n) is 4.42. The van der Waals surface area contributed by atoms with Gasteiger partial charge >= 0.3 is 6.18 Å². The fourth-order valence-corrected chi connectivity index (χ4v) is 2.75. The van der Waals surface area contributed by atoms with Crippen molar-refractivity contribution in [1.29, 1.82) is 0 Å². The van der Waals surface area contributed by atoms with Gasteiger partial charge in [-0.15, -0.1) is 0 Å². The van der Waals surface area contributed by atoms with Crippen LogP contribution in [0.25, 0.3) is 11.5 Å². The molecular formula is C18H13F3N2O3. The Morgan fingerprint density at radius 3 is 2.42 bits per heavy atom. The quantitative estimate of drug-likeness (QED) is 0.735. The Bertz CT molecular complexity index is 924. The van der Waals surface area contributed by atoms with E-state index in [1.165, 1.54) is 18.4 Å². The summed E-state index contributed by atoms with van der Waals surface area (Å²) in [5.74, 6) is 0.595. The van der Waals surface area contributed by atoms with Gasteiger partial charge in [0.25, 0.3) is 0 Å². The molecule has 0 bridgehead atoms. The van der Waals surface area contributed by atoms with Crippen LogP contribution in [0.15, 0.2) is 57.7 Å². The van der Waals surface area contributed by atoms with Gasteiger partial charge in [0, 0.05) is 11.8 Å². The van der Waals surface area contributed by atoms with E-state index in [4.69, 9.17) is 8.94 Å². The van der Waals surface area contributed by atoms with Gasteiger partial charge in [-0.3, -0.25) is 4.79 Å². The Balaban J connectivity index is 1.51. The maximum Gasteiger partial charge on any atom is 0.416 e. The average Bonchev–Trinajstić information content (AvgIpc) is 3.02. The van der Waals surface area contributed by atoms with Crippen molar-refractivity contribution < 1.29 is 26.9 Å². The minimum absolute atomic E-state index is 0.295. The lowest BCUT2D eigenvalue weighted by Crippen LogP contribution is -2.28. The minimum Gasteiger partial charge on any atom is -0.461 e. The molecule has 8 heteroatoms. The van der Waals surface area contributed by atoms with Gasteiger partial charge < -0.3 is 14.3 Å². The number of hydrogen-bond donors (Lipinski definition) is 1. The zero-order valence-corrected chi connectivity index (χ0v) is 13.3. The molecule has 2 heterocycles. The SMILES string of the molecule is O=C(Nc1ccc(C(F)(F)F)cc1)C1(c2cc(-c3ccco3)on2)CC1. The number of furan rings is 1. The summed E-state index contributed by atoms with van der Waals surface area (Å²) in [6.07, 6.45) is -1.74. The molecule has 1 saturated carbocycles. The van der Waals surface area contributed by atoms with Crippen LogP contribution in [0, 0.1) is 0 Å². The number of benzene rings is 1. The van der Waals surface area contributed by atoms with Gasteiger partial charge in [0.1, 0.15) is 0 Å². The first-order valence-corrected chi connectivity index (χ1v) is 7.88. The first-order valence-electron chi connectivity index (χ1n) is 7.88. The Kier molecular flexibility index (Phi) is 3.64. The second-order valence-corrected chi connectivity index (χ2v) is 6.17. The molecule has 26 heavy (non-hydrogen) atoms. The van der Waals surface area contributed by atoms with E-state index in [1.807, 2.05) is 0 Å². The number of rotatable bonds is 4. The van der Waals surface area contributed by atoms with Crippen molar-refractivity contribution in [1.82, 2.24) is 5.16 Å². The minimum atomic E-state index is -4.41. The van der Waals surface area contributed by atoms with Gasteiger partial charge in [0.2, 0.25) is 11.7 Å². The number of hydrogen-bond acceptors (Lipinski definition) is 4. The monoisotopic (exact) mass is 362 g/mol. The van der Waals surface area contributed by atoms with E-state index in [1.54, 1.807) is 18.2 Å². The van der Waals surface area contributed by atoms with Crippen LogP contribution >= 0.6 is 0 Å². The molecule has 0 aliphatic heterocycles. The topological polar surface area (TPSA) is 68.3 Å². The maximum atomic E-state index is 12.6. The molecule has 134 valence electrons. The van der Waals surface area contributed by atoms with Gasteiger partial charge in [0.05, 0.1) is 22.9 Å². The molecule has 1 amide bonds. The molecule has 0 unspecified atom stereocenters. The van der Waals surface area contributed by atoms with Crippen LogP contribution < -0.4 is 5.32 Å². The summed E-state index contributed by atoms with van der Waals surface area (Å²) in [6.45, 7) is 0. The molecule has 1 aromatic carbocycles. The van der Waals surface area contributed by atoms with Crippen molar-refractivity contribution in [3.8, 4) is 11.5 Å². The van der Waals surface area contributed by atoms with E-state index in [2.05, 4.69) is 10.5 Å². The summed E-state index contributed by atoms with van der Waals surface area (Å²) in [5.41, 5.74) is -0.814. The van der Waals surface area contributed by atoms with E-state index < -0.39 is 17.2 Å². The number of carbonyl (C=O) groups is 1. The molecule has 2 aromatic heterocycles. The summed E-state index contributed by atoms with van der Waals surface area (Å²) in [6, 6.07) is 9.40. The highest BCUT2D eigenvalue weighted by Crippen LogP contribution is 2.49. The van der Waals surface area contributed by atoms with E-state index in [9.17, 15) is 18.0 Å². The molecule has 0 saturated heterocycles. The van der Waals surface area contributed by atoms with Crippen LogP contribution in [0.1, 0.15) is 24.1 Å². The van der Waals surface area contributed by atoms with Crippen molar-refractivity contribution in [2.75, 3.05) is 5.32 Å². The van der Waals surface area contributed by atoms with E-state index in [-0.39, 0.29) is 5.91 Å². The molecule has 5 nitrogen and oxygen atoms in total. The maximum absolute atomic E-state index is 12.6. The van der Waals surface area contributed by atoms with Crippen molar-refractivity contribution in [2.45, 2.75) is 24.4 Å². The van der Waals surface area contributed by atoms with Crippen LogP contribution in [0.2, 0.25) is 0 Å². The molecule has 0 spiro atoms. The molecule has 0 atom stereocenters. The summed E-state index contributed by atoms with van der Waals surface area (Å²) in [7, 11) is 0. The molecule has 4 rings (SSSR count). The first-order chi connectivity index (χ1) is 12.4. The van der Waals surface area contributed by atoms with Gasteiger partial charge in [-0.2, -0.15) is 13.2 Å². The van der Waals surface area contributed by atoms with E-state index in [0.717, 1.165) is 12.1 Å². The second kappa shape index (κ2) is 5.76. The van der Waals surface area contributed by atoms with Crippen molar-refractivity contribution in [3.05, 3.63) is 60.0 Å². The number of nitrogens with zero attached hydrogens (tertiary/aromatic N) is 1. The molecule has 1 aliphatic rings. The molecule has 1 N–H and O–H groups in total. The van der Waals surface area contributed by atoms with Crippen molar-refractivity contribution >= 4 is 11.6 Å². The number of halogens is 3. The average molecular weight is 362 g/mol. The normalized spacial score (nSPS) is 15.7. The Labute approximate surface area is 145 Å².